The van der Waals surface area contributed by atoms with E-state index in [1.165, 1.54) is 0 Å². The summed E-state index contributed by atoms with van der Waals surface area (Å²) in [6.07, 6.45) is 0.183. The summed E-state index contributed by atoms with van der Waals surface area (Å²) in [4.78, 5) is 10.5. The Kier molecular flexibility index (Phi) is 3.85. The molecule has 15 heavy (non-hydrogen) atoms. The molecule has 80 valence electrons. The average Bonchev–Trinajstić information content (AvgIpc) is 2.26. The van der Waals surface area contributed by atoms with E-state index in [9.17, 15) is 9.18 Å². The van der Waals surface area contributed by atoms with E-state index in [2.05, 4.69) is 0 Å². The Morgan fingerprint density at radius 1 is 1.47 bits per heavy atom. The average molecular weight is 210 g/mol. The number of halogens is 1. The molecule has 0 unspecified atom stereocenters. The van der Waals surface area contributed by atoms with Crippen LogP contribution >= 0.6 is 0 Å². The van der Waals surface area contributed by atoms with Crippen molar-refractivity contribution < 1.29 is 19.0 Å². The second-order valence-electron chi connectivity index (χ2n) is 2.96. The van der Waals surface area contributed by atoms with Gasteiger partial charge in [0.1, 0.15) is 5.75 Å². The van der Waals surface area contributed by atoms with Crippen LogP contribution in [0.1, 0.15) is 5.56 Å². The van der Waals surface area contributed by atoms with Crippen molar-refractivity contribution >= 4 is 5.97 Å². The van der Waals surface area contributed by atoms with Gasteiger partial charge in [-0.05, 0) is 17.7 Å². The largest absolute Gasteiger partial charge is 0.497 e. The van der Waals surface area contributed by atoms with E-state index in [1.807, 2.05) is 0 Å². The Labute approximate surface area is 86.8 Å². The molecule has 0 saturated heterocycles. The first-order valence-corrected chi connectivity index (χ1v) is 4.33. The van der Waals surface area contributed by atoms with Crippen molar-refractivity contribution in [3.05, 3.63) is 41.7 Å². The number of carbonyl (C=O) groups is 1. The van der Waals surface area contributed by atoms with Gasteiger partial charge in [0, 0.05) is 6.42 Å². The lowest BCUT2D eigenvalue weighted by Crippen LogP contribution is -2.03. The number of aliphatic carboxylic acids is 1. The Bertz CT molecular complexity index is 368. The van der Waals surface area contributed by atoms with Gasteiger partial charge >= 0.3 is 5.97 Å². The van der Waals surface area contributed by atoms with Gasteiger partial charge in [-0.1, -0.05) is 12.1 Å². The smallest absolute Gasteiger partial charge is 0.334 e. The van der Waals surface area contributed by atoms with Gasteiger partial charge in [-0.3, -0.25) is 0 Å². The van der Waals surface area contributed by atoms with Crippen LogP contribution in [0.5, 0.6) is 5.75 Å². The van der Waals surface area contributed by atoms with Crippen molar-refractivity contribution in [2.45, 2.75) is 6.42 Å². The lowest BCUT2D eigenvalue weighted by molar-refractivity contribution is -0.132. The molecule has 0 bridgehead atoms. The van der Waals surface area contributed by atoms with Crippen LogP contribution in [0.25, 0.3) is 0 Å². The standard InChI is InChI=1S/C11H11FO3/c1-15-10-4-2-8(3-5-10)6-9(7-12)11(13)14/h2-5,7H,6H2,1H3,(H,13,14)/b9-7+. The van der Waals surface area contributed by atoms with Crippen molar-refractivity contribution in [3.63, 3.8) is 0 Å². The SMILES string of the molecule is COc1ccc(C/C(=C\F)C(=O)O)cc1. The number of hydrogen-bond donors (Lipinski definition) is 1. The minimum Gasteiger partial charge on any atom is -0.497 e. The van der Waals surface area contributed by atoms with E-state index >= 15 is 0 Å². The minimum absolute atomic E-state index is 0.0653. The van der Waals surface area contributed by atoms with Crippen LogP contribution in [0.2, 0.25) is 0 Å². The van der Waals surface area contributed by atoms with Crippen molar-refractivity contribution in [1.29, 1.82) is 0 Å². The minimum atomic E-state index is -1.24. The Morgan fingerprint density at radius 3 is 2.47 bits per heavy atom. The Hall–Kier alpha value is -1.84. The van der Waals surface area contributed by atoms with E-state index in [1.54, 1.807) is 31.4 Å². The molecule has 1 aromatic carbocycles. The third-order valence-corrected chi connectivity index (χ3v) is 1.96. The zero-order valence-electron chi connectivity index (χ0n) is 8.24. The fourth-order valence-corrected chi connectivity index (χ4v) is 1.12. The zero-order valence-corrected chi connectivity index (χ0v) is 8.24. The van der Waals surface area contributed by atoms with Gasteiger partial charge in [0.05, 0.1) is 19.0 Å². The predicted molar refractivity (Wildman–Crippen MR) is 53.5 cm³/mol. The van der Waals surface area contributed by atoms with Crippen LogP contribution in [-0.2, 0) is 11.2 Å². The highest BCUT2D eigenvalue weighted by atomic mass is 19.1. The van der Waals surface area contributed by atoms with Gasteiger partial charge in [-0.25, -0.2) is 9.18 Å². The van der Waals surface area contributed by atoms with Gasteiger partial charge < -0.3 is 9.84 Å². The topological polar surface area (TPSA) is 46.5 Å². The van der Waals surface area contributed by atoms with E-state index in [-0.39, 0.29) is 18.3 Å². The summed E-state index contributed by atoms with van der Waals surface area (Å²) in [5.41, 5.74) is 0.460. The molecule has 4 heteroatoms. The first-order valence-electron chi connectivity index (χ1n) is 4.33. The van der Waals surface area contributed by atoms with Crippen LogP contribution in [0, 0.1) is 0 Å². The number of carboxylic acids is 1. The Morgan fingerprint density at radius 2 is 2.07 bits per heavy atom. The van der Waals surface area contributed by atoms with Crippen molar-refractivity contribution in [2.75, 3.05) is 7.11 Å². The Balaban J connectivity index is 2.76. The molecule has 0 heterocycles. The molecule has 0 saturated carbocycles. The molecule has 1 aromatic rings. The molecule has 0 aromatic heterocycles. The normalized spacial score (nSPS) is 11.2. The molecular formula is C11H11FO3. The highest BCUT2D eigenvalue weighted by molar-refractivity contribution is 5.86. The second kappa shape index (κ2) is 5.14. The number of benzene rings is 1. The van der Waals surface area contributed by atoms with Crippen LogP contribution in [0.15, 0.2) is 36.2 Å². The lowest BCUT2D eigenvalue weighted by Gasteiger charge is -2.03. The molecule has 1 rings (SSSR count). The van der Waals surface area contributed by atoms with E-state index in [0.29, 0.717) is 5.75 Å². The summed E-state index contributed by atoms with van der Waals surface area (Å²) in [6.45, 7) is 0. The third kappa shape index (κ3) is 3.09. The maximum Gasteiger partial charge on any atom is 0.334 e. The molecule has 0 radical (unpaired) electrons. The summed E-state index contributed by atoms with van der Waals surface area (Å²) < 4.78 is 17.1. The highest BCUT2D eigenvalue weighted by Gasteiger charge is 2.08. The lowest BCUT2D eigenvalue weighted by atomic mass is 10.1. The quantitative estimate of drug-likeness (QED) is 0.775. The van der Waals surface area contributed by atoms with Gasteiger partial charge in [0.2, 0.25) is 0 Å². The highest BCUT2D eigenvalue weighted by Crippen LogP contribution is 2.14. The molecule has 0 spiro atoms. The molecule has 0 aliphatic carbocycles. The third-order valence-electron chi connectivity index (χ3n) is 1.96. The fourth-order valence-electron chi connectivity index (χ4n) is 1.12. The summed E-state index contributed by atoms with van der Waals surface area (Å²) in [5.74, 6) is -0.562. The number of hydrogen-bond acceptors (Lipinski definition) is 2. The van der Waals surface area contributed by atoms with Gasteiger partial charge in [0.25, 0.3) is 0 Å². The molecule has 3 nitrogen and oxygen atoms in total. The molecule has 0 amide bonds. The van der Waals surface area contributed by atoms with E-state index in [4.69, 9.17) is 9.84 Å². The maximum absolute atomic E-state index is 12.2. The van der Waals surface area contributed by atoms with Crippen LogP contribution in [0.3, 0.4) is 0 Å². The summed E-state index contributed by atoms with van der Waals surface area (Å²) in [5, 5.41) is 8.60. The molecular weight excluding hydrogens is 199 g/mol. The number of methoxy groups -OCH3 is 1. The van der Waals surface area contributed by atoms with Gasteiger partial charge in [-0.2, -0.15) is 0 Å². The molecule has 0 aliphatic rings. The summed E-state index contributed by atoms with van der Waals surface area (Å²) in [6, 6.07) is 6.80. The van der Waals surface area contributed by atoms with Crippen molar-refractivity contribution in [2.24, 2.45) is 0 Å². The fraction of sp³-hybridized carbons (Fsp3) is 0.182. The summed E-state index contributed by atoms with van der Waals surface area (Å²) in [7, 11) is 1.54. The van der Waals surface area contributed by atoms with Crippen LogP contribution in [0.4, 0.5) is 4.39 Å². The maximum atomic E-state index is 12.2. The van der Waals surface area contributed by atoms with Crippen LogP contribution in [-0.4, -0.2) is 18.2 Å². The molecule has 0 atom stereocenters. The van der Waals surface area contributed by atoms with Gasteiger partial charge in [0.15, 0.2) is 0 Å². The first-order chi connectivity index (χ1) is 7.17. The summed E-state index contributed by atoms with van der Waals surface area (Å²) >= 11 is 0. The number of carboxylic acid groups (broad SMARTS) is 1. The van der Waals surface area contributed by atoms with E-state index in [0.717, 1.165) is 5.56 Å². The van der Waals surface area contributed by atoms with E-state index < -0.39 is 5.97 Å². The monoisotopic (exact) mass is 210 g/mol. The molecule has 1 N–H and O–H groups in total. The first kappa shape index (κ1) is 11.2. The van der Waals surface area contributed by atoms with Crippen molar-refractivity contribution in [3.8, 4) is 5.75 Å². The number of rotatable bonds is 4. The molecule has 0 aliphatic heterocycles. The van der Waals surface area contributed by atoms with Crippen LogP contribution < -0.4 is 4.74 Å². The second-order valence-corrected chi connectivity index (χ2v) is 2.96. The van der Waals surface area contributed by atoms with Gasteiger partial charge in [-0.15, -0.1) is 0 Å². The zero-order chi connectivity index (χ0) is 11.3. The number of ether oxygens (including phenoxy) is 1. The van der Waals surface area contributed by atoms with Crippen molar-refractivity contribution in [1.82, 2.24) is 0 Å². The predicted octanol–water partition coefficient (Wildman–Crippen LogP) is 2.18. The molecule has 0 fully saturated rings.